The molecule has 1 aliphatic rings. The fraction of sp³-hybridized carbons (Fsp3) is 0.643. The lowest BCUT2D eigenvalue weighted by atomic mass is 10.4. The second-order valence-corrected chi connectivity index (χ2v) is 9.07. The highest BCUT2D eigenvalue weighted by Gasteiger charge is 2.21. The number of rotatable bonds is 7. The zero-order chi connectivity index (χ0) is 16.2. The number of aliphatic imine (C=N–C) groups is 1. The highest BCUT2D eigenvalue weighted by Crippen LogP contribution is 2.27. The van der Waals surface area contributed by atoms with Crippen LogP contribution in [0, 0.1) is 5.92 Å². The second kappa shape index (κ2) is 7.43. The minimum absolute atomic E-state index is 0.360. The van der Waals surface area contributed by atoms with Crippen molar-refractivity contribution in [3.8, 4) is 0 Å². The summed E-state index contributed by atoms with van der Waals surface area (Å²) >= 11 is 1.27. The van der Waals surface area contributed by atoms with Gasteiger partial charge in [-0.05, 0) is 37.8 Å². The normalized spacial score (nSPS) is 16.1. The van der Waals surface area contributed by atoms with Gasteiger partial charge in [-0.15, -0.1) is 11.3 Å². The van der Waals surface area contributed by atoms with Crippen molar-refractivity contribution < 1.29 is 8.42 Å². The quantitative estimate of drug-likeness (QED) is 0.580. The summed E-state index contributed by atoms with van der Waals surface area (Å²) in [4.78, 5) is 5.45. The Morgan fingerprint density at radius 1 is 1.36 bits per heavy atom. The molecule has 1 heterocycles. The van der Waals surface area contributed by atoms with Crippen LogP contribution in [-0.4, -0.2) is 45.9 Å². The molecule has 0 aliphatic heterocycles. The van der Waals surface area contributed by atoms with Crippen LogP contribution in [0.1, 0.15) is 24.6 Å². The Morgan fingerprint density at radius 3 is 2.68 bits per heavy atom. The zero-order valence-electron chi connectivity index (χ0n) is 13.3. The molecular weight excluding hydrogens is 320 g/mol. The molecule has 0 radical (unpaired) electrons. The van der Waals surface area contributed by atoms with Crippen molar-refractivity contribution in [3.63, 3.8) is 0 Å². The van der Waals surface area contributed by atoms with E-state index in [-0.39, 0.29) is 0 Å². The molecule has 22 heavy (non-hydrogen) atoms. The van der Waals surface area contributed by atoms with Gasteiger partial charge < -0.3 is 10.6 Å². The van der Waals surface area contributed by atoms with Crippen molar-refractivity contribution in [2.45, 2.75) is 30.5 Å². The van der Waals surface area contributed by atoms with E-state index in [4.69, 9.17) is 0 Å². The molecule has 0 spiro atoms. The summed E-state index contributed by atoms with van der Waals surface area (Å²) in [5.74, 6) is 1.57. The minimum Gasteiger partial charge on any atom is -0.357 e. The lowest BCUT2D eigenvalue weighted by molar-refractivity contribution is 0.523. The Labute approximate surface area is 136 Å². The SMILES string of the molecule is CCNC(=NCc1ccc(S(=O)(=O)N(C)C)s1)NCC1CC1. The van der Waals surface area contributed by atoms with Gasteiger partial charge in [-0.3, -0.25) is 0 Å². The van der Waals surface area contributed by atoms with Crippen LogP contribution in [-0.2, 0) is 16.6 Å². The van der Waals surface area contributed by atoms with Crippen molar-refractivity contribution in [1.29, 1.82) is 0 Å². The van der Waals surface area contributed by atoms with E-state index in [2.05, 4.69) is 15.6 Å². The molecule has 0 aromatic carbocycles. The van der Waals surface area contributed by atoms with Crippen molar-refractivity contribution >= 4 is 27.3 Å². The van der Waals surface area contributed by atoms with Gasteiger partial charge in [-0.2, -0.15) is 0 Å². The van der Waals surface area contributed by atoms with Crippen molar-refractivity contribution in [1.82, 2.24) is 14.9 Å². The van der Waals surface area contributed by atoms with Crippen LogP contribution in [0.4, 0.5) is 0 Å². The Balaban J connectivity index is 1.99. The third-order valence-electron chi connectivity index (χ3n) is 3.36. The molecule has 0 amide bonds. The molecule has 0 bridgehead atoms. The lowest BCUT2D eigenvalue weighted by Gasteiger charge is -2.10. The molecule has 6 nitrogen and oxygen atoms in total. The topological polar surface area (TPSA) is 73.8 Å². The van der Waals surface area contributed by atoms with Crippen LogP contribution in [0.25, 0.3) is 0 Å². The van der Waals surface area contributed by atoms with Crippen LogP contribution in [0.2, 0.25) is 0 Å². The predicted octanol–water partition coefficient (Wildman–Crippen LogP) is 1.46. The smallest absolute Gasteiger partial charge is 0.252 e. The van der Waals surface area contributed by atoms with Crippen LogP contribution < -0.4 is 10.6 Å². The summed E-state index contributed by atoms with van der Waals surface area (Å²) in [7, 11) is -0.267. The largest absolute Gasteiger partial charge is 0.357 e. The number of nitrogens with one attached hydrogen (secondary N) is 2. The predicted molar refractivity (Wildman–Crippen MR) is 90.7 cm³/mol. The molecule has 1 saturated carbocycles. The van der Waals surface area contributed by atoms with E-state index < -0.39 is 10.0 Å². The monoisotopic (exact) mass is 344 g/mol. The molecule has 1 aromatic heterocycles. The van der Waals surface area contributed by atoms with Crippen molar-refractivity contribution in [3.05, 3.63) is 17.0 Å². The summed E-state index contributed by atoms with van der Waals surface area (Å²) < 4.78 is 25.7. The number of thiophene rings is 1. The third kappa shape index (κ3) is 4.69. The lowest BCUT2D eigenvalue weighted by Crippen LogP contribution is -2.38. The van der Waals surface area contributed by atoms with E-state index in [1.54, 1.807) is 6.07 Å². The van der Waals surface area contributed by atoms with Crippen LogP contribution in [0.3, 0.4) is 0 Å². The van der Waals surface area contributed by atoms with E-state index in [0.717, 1.165) is 29.8 Å². The molecule has 1 aliphatic carbocycles. The first-order valence-electron chi connectivity index (χ1n) is 7.47. The molecule has 8 heteroatoms. The van der Waals surface area contributed by atoms with Gasteiger partial charge in [0.1, 0.15) is 4.21 Å². The van der Waals surface area contributed by atoms with E-state index in [1.165, 1.54) is 42.6 Å². The summed E-state index contributed by atoms with van der Waals surface area (Å²) in [6.45, 7) is 4.27. The Morgan fingerprint density at radius 2 is 2.09 bits per heavy atom. The molecular formula is C14H24N4O2S2. The number of sulfonamides is 1. The molecule has 0 saturated heterocycles. The highest BCUT2D eigenvalue weighted by atomic mass is 32.2. The van der Waals surface area contributed by atoms with Gasteiger partial charge in [-0.1, -0.05) is 0 Å². The first-order valence-corrected chi connectivity index (χ1v) is 9.72. The first-order chi connectivity index (χ1) is 10.4. The molecule has 124 valence electrons. The maximum absolute atomic E-state index is 12.0. The van der Waals surface area contributed by atoms with Gasteiger partial charge in [0, 0.05) is 32.1 Å². The molecule has 1 fully saturated rings. The number of nitrogens with zero attached hydrogens (tertiary/aromatic N) is 2. The van der Waals surface area contributed by atoms with Crippen LogP contribution in [0.15, 0.2) is 21.3 Å². The Kier molecular flexibility index (Phi) is 5.82. The van der Waals surface area contributed by atoms with E-state index in [1.807, 2.05) is 13.0 Å². The molecule has 0 unspecified atom stereocenters. The maximum Gasteiger partial charge on any atom is 0.252 e. The number of hydrogen-bond acceptors (Lipinski definition) is 4. The summed E-state index contributed by atoms with van der Waals surface area (Å²) in [5, 5.41) is 6.53. The van der Waals surface area contributed by atoms with E-state index in [0.29, 0.717) is 10.8 Å². The average Bonchev–Trinajstić information content (AvgIpc) is 3.17. The Hall–Kier alpha value is -1.12. The fourth-order valence-electron chi connectivity index (χ4n) is 1.82. The summed E-state index contributed by atoms with van der Waals surface area (Å²) in [6.07, 6.45) is 2.59. The third-order valence-corrected chi connectivity index (χ3v) is 6.72. The molecule has 0 atom stereocenters. The Bertz CT molecular complexity index is 619. The highest BCUT2D eigenvalue weighted by molar-refractivity contribution is 7.91. The second-order valence-electron chi connectivity index (χ2n) is 5.53. The first kappa shape index (κ1) is 17.2. The maximum atomic E-state index is 12.0. The van der Waals surface area contributed by atoms with E-state index >= 15 is 0 Å². The van der Waals surface area contributed by atoms with E-state index in [9.17, 15) is 8.42 Å². The van der Waals surface area contributed by atoms with Crippen molar-refractivity contribution in [2.24, 2.45) is 10.9 Å². The zero-order valence-corrected chi connectivity index (χ0v) is 14.9. The fourth-order valence-corrected chi connectivity index (χ4v) is 4.27. The number of guanidine groups is 1. The van der Waals surface area contributed by atoms with Crippen LogP contribution in [0.5, 0.6) is 0 Å². The van der Waals surface area contributed by atoms with Crippen LogP contribution >= 0.6 is 11.3 Å². The molecule has 1 aromatic rings. The van der Waals surface area contributed by atoms with Gasteiger partial charge in [-0.25, -0.2) is 17.7 Å². The number of hydrogen-bond donors (Lipinski definition) is 2. The van der Waals surface area contributed by atoms with Gasteiger partial charge in [0.15, 0.2) is 5.96 Å². The van der Waals surface area contributed by atoms with Gasteiger partial charge >= 0.3 is 0 Å². The van der Waals surface area contributed by atoms with Gasteiger partial charge in [0.25, 0.3) is 10.0 Å². The van der Waals surface area contributed by atoms with Crippen molar-refractivity contribution in [2.75, 3.05) is 27.2 Å². The summed E-state index contributed by atoms with van der Waals surface area (Å²) in [5.41, 5.74) is 0. The molecule has 2 rings (SSSR count). The van der Waals surface area contributed by atoms with Gasteiger partial charge in [0.2, 0.25) is 0 Å². The minimum atomic E-state index is -3.35. The van der Waals surface area contributed by atoms with Gasteiger partial charge in [0.05, 0.1) is 6.54 Å². The average molecular weight is 345 g/mol. The summed E-state index contributed by atoms with van der Waals surface area (Å²) in [6, 6.07) is 3.48. The standard InChI is InChI=1S/C14H24N4O2S2/c1-4-15-14(16-9-11-5-6-11)17-10-12-7-8-13(21-12)22(19,20)18(2)3/h7-8,11H,4-6,9-10H2,1-3H3,(H2,15,16,17). The molecule has 2 N–H and O–H groups in total.